The normalized spacial score (nSPS) is 10.2. The molecular formula is C12H11N3O4. The highest BCUT2D eigenvalue weighted by Gasteiger charge is 2.24. The van der Waals surface area contributed by atoms with Crippen LogP contribution in [0.3, 0.4) is 0 Å². The number of pyridine rings is 1. The van der Waals surface area contributed by atoms with E-state index in [2.05, 4.69) is 10.1 Å². The zero-order valence-corrected chi connectivity index (χ0v) is 10.1. The van der Waals surface area contributed by atoms with Crippen molar-refractivity contribution in [3.63, 3.8) is 0 Å². The molecule has 7 nitrogen and oxygen atoms in total. The predicted octanol–water partition coefficient (Wildman–Crippen LogP) is 1.22. The second-order valence-electron chi connectivity index (χ2n) is 3.61. The maximum Gasteiger partial charge on any atom is 0.362 e. The third-order valence-electron chi connectivity index (χ3n) is 2.41. The number of hydrogen-bond acceptors (Lipinski definition) is 5. The summed E-state index contributed by atoms with van der Waals surface area (Å²) in [7, 11) is 0. The van der Waals surface area contributed by atoms with E-state index in [9.17, 15) is 9.59 Å². The lowest BCUT2D eigenvalue weighted by atomic mass is 10.2. The largest absolute Gasteiger partial charge is 0.478 e. The van der Waals surface area contributed by atoms with E-state index in [4.69, 9.17) is 9.84 Å². The van der Waals surface area contributed by atoms with E-state index in [0.29, 0.717) is 6.54 Å². The molecule has 0 fully saturated rings. The van der Waals surface area contributed by atoms with E-state index >= 15 is 0 Å². The molecule has 1 N–H and O–H groups in total. The lowest BCUT2D eigenvalue weighted by molar-refractivity contribution is 0.0662. The molecule has 0 unspecified atom stereocenters. The van der Waals surface area contributed by atoms with E-state index in [1.165, 1.54) is 17.1 Å². The first-order valence-corrected chi connectivity index (χ1v) is 5.54. The van der Waals surface area contributed by atoms with Gasteiger partial charge < -0.3 is 9.84 Å². The molecule has 0 spiro atoms. The fourth-order valence-corrected chi connectivity index (χ4v) is 1.56. The minimum Gasteiger partial charge on any atom is -0.478 e. The number of aryl methyl sites for hydroxylation is 1. The first-order valence-electron chi connectivity index (χ1n) is 5.54. The fourth-order valence-electron chi connectivity index (χ4n) is 1.56. The van der Waals surface area contributed by atoms with Gasteiger partial charge in [0.05, 0.1) is 12.4 Å². The monoisotopic (exact) mass is 261 g/mol. The Hall–Kier alpha value is -2.70. The van der Waals surface area contributed by atoms with Crippen LogP contribution in [0.25, 0.3) is 0 Å². The highest BCUT2D eigenvalue weighted by molar-refractivity contribution is 6.01. The van der Waals surface area contributed by atoms with Crippen LogP contribution in [0.4, 0.5) is 0 Å². The Balaban J connectivity index is 2.33. The van der Waals surface area contributed by atoms with Crippen LogP contribution in [0.2, 0.25) is 0 Å². The van der Waals surface area contributed by atoms with Crippen LogP contribution in [-0.4, -0.2) is 31.8 Å². The van der Waals surface area contributed by atoms with Gasteiger partial charge in [0, 0.05) is 12.7 Å². The lowest BCUT2D eigenvalue weighted by Gasteiger charge is -2.06. The zero-order valence-electron chi connectivity index (χ0n) is 10.1. The SMILES string of the molecule is CCn1ncc(C(=O)O)c1C(=O)Oc1cccnc1. The van der Waals surface area contributed by atoms with Crippen LogP contribution in [0, 0.1) is 0 Å². The number of aromatic nitrogens is 3. The lowest BCUT2D eigenvalue weighted by Crippen LogP contribution is -2.18. The Labute approximate surface area is 108 Å². The molecule has 7 heteroatoms. The van der Waals surface area contributed by atoms with Gasteiger partial charge in [-0.25, -0.2) is 9.59 Å². The van der Waals surface area contributed by atoms with Gasteiger partial charge in [0.2, 0.25) is 0 Å². The van der Waals surface area contributed by atoms with Crippen molar-refractivity contribution in [2.45, 2.75) is 13.5 Å². The summed E-state index contributed by atoms with van der Waals surface area (Å²) in [6.07, 6.45) is 4.03. The Morgan fingerprint density at radius 3 is 2.79 bits per heavy atom. The van der Waals surface area contributed by atoms with E-state index < -0.39 is 11.9 Å². The molecule has 0 bridgehead atoms. The van der Waals surface area contributed by atoms with Gasteiger partial charge in [-0.15, -0.1) is 0 Å². The van der Waals surface area contributed by atoms with E-state index in [-0.39, 0.29) is 17.0 Å². The van der Waals surface area contributed by atoms with Crippen molar-refractivity contribution in [2.75, 3.05) is 0 Å². The van der Waals surface area contributed by atoms with Crippen molar-refractivity contribution in [1.29, 1.82) is 0 Å². The number of nitrogens with zero attached hydrogens (tertiary/aromatic N) is 3. The first kappa shape index (κ1) is 12.7. The molecule has 2 aromatic rings. The molecule has 0 aliphatic heterocycles. The number of esters is 1. The summed E-state index contributed by atoms with van der Waals surface area (Å²) >= 11 is 0. The molecule has 0 saturated carbocycles. The van der Waals surface area contributed by atoms with Crippen LogP contribution in [-0.2, 0) is 6.54 Å². The number of carbonyl (C=O) groups excluding carboxylic acids is 1. The maximum absolute atomic E-state index is 12.0. The average Bonchev–Trinajstić information content (AvgIpc) is 2.83. The van der Waals surface area contributed by atoms with Gasteiger partial charge >= 0.3 is 11.9 Å². The summed E-state index contributed by atoms with van der Waals surface area (Å²) in [6.45, 7) is 2.12. The third kappa shape index (κ3) is 2.59. The molecule has 2 aromatic heterocycles. The average molecular weight is 261 g/mol. The van der Waals surface area contributed by atoms with E-state index in [0.717, 1.165) is 6.20 Å². The molecule has 0 saturated heterocycles. The van der Waals surface area contributed by atoms with Gasteiger partial charge in [-0.05, 0) is 19.1 Å². The number of carboxylic acids is 1. The number of aromatic carboxylic acids is 1. The summed E-state index contributed by atoms with van der Waals surface area (Å²) in [4.78, 5) is 26.8. The van der Waals surface area contributed by atoms with Crippen molar-refractivity contribution in [3.05, 3.63) is 42.0 Å². The van der Waals surface area contributed by atoms with Crippen LogP contribution < -0.4 is 4.74 Å². The molecule has 2 heterocycles. The predicted molar refractivity (Wildman–Crippen MR) is 64.1 cm³/mol. The van der Waals surface area contributed by atoms with Crippen molar-refractivity contribution < 1.29 is 19.4 Å². The molecule has 0 aliphatic carbocycles. The molecule has 2 rings (SSSR count). The molecule has 0 radical (unpaired) electrons. The maximum atomic E-state index is 12.0. The van der Waals surface area contributed by atoms with Gasteiger partial charge in [0.1, 0.15) is 11.3 Å². The second-order valence-corrected chi connectivity index (χ2v) is 3.61. The summed E-state index contributed by atoms with van der Waals surface area (Å²) in [6, 6.07) is 3.16. The summed E-state index contributed by atoms with van der Waals surface area (Å²) in [5.74, 6) is -1.75. The van der Waals surface area contributed by atoms with E-state index in [1.807, 2.05) is 0 Å². The van der Waals surface area contributed by atoms with Gasteiger partial charge in [0.15, 0.2) is 5.69 Å². The van der Waals surface area contributed by atoms with Crippen LogP contribution in [0.5, 0.6) is 5.75 Å². The number of hydrogen-bond donors (Lipinski definition) is 1. The standard InChI is InChI=1S/C12H11N3O4/c1-2-15-10(9(7-14-15)11(16)17)12(18)19-8-4-3-5-13-6-8/h3-7H,2H2,1H3,(H,16,17). The second kappa shape index (κ2) is 5.30. The van der Waals surface area contributed by atoms with Crippen molar-refractivity contribution in [2.24, 2.45) is 0 Å². The minimum absolute atomic E-state index is 0.0844. The van der Waals surface area contributed by atoms with Gasteiger partial charge in [-0.2, -0.15) is 5.10 Å². The number of rotatable bonds is 4. The number of ether oxygens (including phenoxy) is 1. The van der Waals surface area contributed by atoms with Crippen molar-refractivity contribution in [1.82, 2.24) is 14.8 Å². The highest BCUT2D eigenvalue weighted by atomic mass is 16.5. The molecule has 0 atom stereocenters. The van der Waals surface area contributed by atoms with Crippen LogP contribution >= 0.6 is 0 Å². The Morgan fingerprint density at radius 1 is 1.42 bits per heavy atom. The first-order chi connectivity index (χ1) is 9.13. The van der Waals surface area contributed by atoms with Crippen LogP contribution in [0.1, 0.15) is 27.8 Å². The molecule has 0 aromatic carbocycles. The molecule has 19 heavy (non-hydrogen) atoms. The Bertz CT molecular complexity index is 607. The van der Waals surface area contributed by atoms with Crippen molar-refractivity contribution in [3.8, 4) is 5.75 Å². The van der Waals surface area contributed by atoms with Crippen molar-refractivity contribution >= 4 is 11.9 Å². The summed E-state index contributed by atoms with van der Waals surface area (Å²) in [5, 5.41) is 12.9. The topological polar surface area (TPSA) is 94.3 Å². The van der Waals surface area contributed by atoms with E-state index in [1.54, 1.807) is 19.1 Å². The van der Waals surface area contributed by atoms with Crippen LogP contribution in [0.15, 0.2) is 30.7 Å². The molecule has 98 valence electrons. The summed E-state index contributed by atoms with van der Waals surface area (Å²) in [5.41, 5.74) is -0.269. The smallest absolute Gasteiger partial charge is 0.362 e. The highest BCUT2D eigenvalue weighted by Crippen LogP contribution is 2.14. The molecule has 0 amide bonds. The van der Waals surface area contributed by atoms with Gasteiger partial charge in [-0.3, -0.25) is 9.67 Å². The van der Waals surface area contributed by atoms with Gasteiger partial charge in [0.25, 0.3) is 0 Å². The molecular weight excluding hydrogens is 250 g/mol. The van der Waals surface area contributed by atoms with Gasteiger partial charge in [-0.1, -0.05) is 0 Å². The number of carbonyl (C=O) groups is 2. The fraction of sp³-hybridized carbons (Fsp3) is 0.167. The Kier molecular flexibility index (Phi) is 3.56. The third-order valence-corrected chi connectivity index (χ3v) is 2.41. The zero-order chi connectivity index (χ0) is 13.8. The minimum atomic E-state index is -1.22. The number of carboxylic acid groups (broad SMARTS) is 1. The summed E-state index contributed by atoms with van der Waals surface area (Å²) < 4.78 is 6.35. The quantitative estimate of drug-likeness (QED) is 0.831. The molecule has 0 aliphatic rings. The Morgan fingerprint density at radius 2 is 2.21 bits per heavy atom.